The van der Waals surface area contributed by atoms with Crippen LogP contribution in [0.25, 0.3) is 0 Å². The highest BCUT2D eigenvalue weighted by molar-refractivity contribution is 5.85. The van der Waals surface area contributed by atoms with E-state index in [1.165, 1.54) is 0 Å². The number of aromatic carboxylic acids is 1. The van der Waals surface area contributed by atoms with Crippen molar-refractivity contribution < 1.29 is 19.4 Å². The monoisotopic (exact) mass is 268 g/mol. The second kappa shape index (κ2) is 5.61. The zero-order valence-electron chi connectivity index (χ0n) is 11.1. The summed E-state index contributed by atoms with van der Waals surface area (Å²) >= 11 is 0. The zero-order chi connectivity index (χ0) is 13.9. The maximum atomic E-state index is 10.7. The largest absolute Gasteiger partial charge is 0.476 e. The van der Waals surface area contributed by atoms with Gasteiger partial charge in [0, 0.05) is 6.54 Å². The number of hydrogen-bond acceptors (Lipinski definition) is 5. The van der Waals surface area contributed by atoms with Crippen molar-refractivity contribution >= 4 is 12.0 Å². The van der Waals surface area contributed by atoms with Gasteiger partial charge in [-0.1, -0.05) is 13.3 Å². The van der Waals surface area contributed by atoms with Crippen LogP contribution in [0.2, 0.25) is 0 Å². The summed E-state index contributed by atoms with van der Waals surface area (Å²) in [5.74, 6) is -0.417. The van der Waals surface area contributed by atoms with Gasteiger partial charge >= 0.3 is 5.97 Å². The molecule has 0 aliphatic heterocycles. The molecule has 6 heteroatoms. The first-order chi connectivity index (χ1) is 9.02. The fraction of sp³-hybridized carbons (Fsp3) is 0.692. The van der Waals surface area contributed by atoms with Gasteiger partial charge in [-0.2, -0.15) is 4.98 Å². The first-order valence-electron chi connectivity index (χ1n) is 6.67. The first-order valence-corrected chi connectivity index (χ1v) is 6.67. The van der Waals surface area contributed by atoms with E-state index in [0.717, 1.165) is 38.4 Å². The van der Waals surface area contributed by atoms with Crippen LogP contribution in [0.1, 0.15) is 49.5 Å². The summed E-state index contributed by atoms with van der Waals surface area (Å²) in [4.78, 5) is 14.4. The Morgan fingerprint density at radius 2 is 2.26 bits per heavy atom. The van der Waals surface area contributed by atoms with Crippen molar-refractivity contribution in [2.24, 2.45) is 5.92 Å². The molecule has 0 unspecified atom stereocenters. The van der Waals surface area contributed by atoms with Crippen molar-refractivity contribution in [2.75, 3.05) is 11.9 Å². The van der Waals surface area contributed by atoms with Crippen LogP contribution in [0.3, 0.4) is 0 Å². The third-order valence-corrected chi connectivity index (χ3v) is 3.91. The number of anilines is 1. The number of nitrogens with one attached hydrogen (secondary N) is 1. The molecule has 0 bridgehead atoms. The molecular weight excluding hydrogens is 248 g/mol. The standard InChI is InChI=1S/C13H20N2O4/c1-2-9-3-5-13(18,6-4-9)8-14-12-15-10(7-19-12)11(16)17/h7,9,18H,2-6,8H2,1H3,(H,14,15)(H,16,17). The summed E-state index contributed by atoms with van der Waals surface area (Å²) in [6, 6.07) is 0.142. The average Bonchev–Trinajstić information content (AvgIpc) is 2.87. The van der Waals surface area contributed by atoms with E-state index in [2.05, 4.69) is 17.2 Å². The van der Waals surface area contributed by atoms with Gasteiger partial charge < -0.3 is 19.9 Å². The molecule has 0 radical (unpaired) electrons. The minimum absolute atomic E-state index is 0.135. The van der Waals surface area contributed by atoms with Crippen LogP contribution in [-0.4, -0.2) is 33.3 Å². The van der Waals surface area contributed by atoms with Crippen LogP contribution in [0, 0.1) is 5.92 Å². The number of aromatic nitrogens is 1. The van der Waals surface area contributed by atoms with E-state index in [1.54, 1.807) is 0 Å². The predicted octanol–water partition coefficient (Wildman–Crippen LogP) is 2.12. The van der Waals surface area contributed by atoms with Gasteiger partial charge in [0.2, 0.25) is 0 Å². The van der Waals surface area contributed by atoms with E-state index >= 15 is 0 Å². The SMILES string of the molecule is CCC1CCC(O)(CNc2nc(C(=O)O)co2)CC1. The molecule has 1 fully saturated rings. The molecule has 0 amide bonds. The number of nitrogens with zero attached hydrogens (tertiary/aromatic N) is 1. The van der Waals surface area contributed by atoms with Gasteiger partial charge in [-0.3, -0.25) is 0 Å². The van der Waals surface area contributed by atoms with Crippen molar-refractivity contribution in [3.05, 3.63) is 12.0 Å². The minimum Gasteiger partial charge on any atom is -0.476 e. The average molecular weight is 268 g/mol. The Morgan fingerprint density at radius 3 is 2.79 bits per heavy atom. The number of oxazole rings is 1. The van der Waals surface area contributed by atoms with Crippen molar-refractivity contribution in [3.63, 3.8) is 0 Å². The number of carboxylic acid groups (broad SMARTS) is 1. The van der Waals surface area contributed by atoms with E-state index in [4.69, 9.17) is 9.52 Å². The fourth-order valence-corrected chi connectivity index (χ4v) is 2.49. The molecule has 6 nitrogen and oxygen atoms in total. The lowest BCUT2D eigenvalue weighted by Gasteiger charge is -2.35. The molecule has 2 rings (SSSR count). The summed E-state index contributed by atoms with van der Waals surface area (Å²) in [6.07, 6.45) is 5.81. The predicted molar refractivity (Wildman–Crippen MR) is 69.2 cm³/mol. The Hall–Kier alpha value is -1.56. The van der Waals surface area contributed by atoms with Crippen molar-refractivity contribution in [2.45, 2.75) is 44.6 Å². The summed E-state index contributed by atoms with van der Waals surface area (Å²) < 4.78 is 4.99. The fourth-order valence-electron chi connectivity index (χ4n) is 2.49. The molecule has 0 aromatic carbocycles. The zero-order valence-corrected chi connectivity index (χ0v) is 11.1. The van der Waals surface area contributed by atoms with E-state index < -0.39 is 11.6 Å². The normalized spacial score (nSPS) is 27.2. The second-order valence-electron chi connectivity index (χ2n) is 5.27. The van der Waals surface area contributed by atoms with Crippen LogP contribution in [0.5, 0.6) is 0 Å². The third kappa shape index (κ3) is 3.47. The quantitative estimate of drug-likeness (QED) is 0.757. The van der Waals surface area contributed by atoms with E-state index in [-0.39, 0.29) is 11.7 Å². The van der Waals surface area contributed by atoms with Gasteiger partial charge in [0.15, 0.2) is 5.69 Å². The maximum Gasteiger partial charge on any atom is 0.357 e. The molecule has 3 N–H and O–H groups in total. The first kappa shape index (κ1) is 13.9. The van der Waals surface area contributed by atoms with Gasteiger partial charge in [0.05, 0.1) is 5.60 Å². The van der Waals surface area contributed by atoms with Crippen molar-refractivity contribution in [1.29, 1.82) is 0 Å². The van der Waals surface area contributed by atoms with Crippen molar-refractivity contribution in [1.82, 2.24) is 4.98 Å². The molecule has 1 aliphatic rings. The Morgan fingerprint density at radius 1 is 1.58 bits per heavy atom. The molecule has 1 aromatic heterocycles. The Kier molecular flexibility index (Phi) is 4.09. The molecule has 1 heterocycles. The molecular formula is C13H20N2O4. The molecule has 1 saturated carbocycles. The van der Waals surface area contributed by atoms with E-state index in [0.29, 0.717) is 12.5 Å². The number of carbonyl (C=O) groups is 1. The highest BCUT2D eigenvalue weighted by atomic mass is 16.4. The summed E-state index contributed by atoms with van der Waals surface area (Å²) in [7, 11) is 0. The van der Waals surface area contributed by atoms with Crippen LogP contribution in [-0.2, 0) is 0 Å². The van der Waals surface area contributed by atoms with Crippen LogP contribution >= 0.6 is 0 Å². The summed E-state index contributed by atoms with van der Waals surface area (Å²) in [6.45, 7) is 2.51. The van der Waals surface area contributed by atoms with Gasteiger partial charge in [0.1, 0.15) is 6.26 Å². The number of hydrogen-bond donors (Lipinski definition) is 3. The Bertz CT molecular complexity index is 436. The summed E-state index contributed by atoms with van der Waals surface area (Å²) in [5.41, 5.74) is -0.882. The second-order valence-corrected chi connectivity index (χ2v) is 5.27. The Labute approximate surface area is 111 Å². The number of rotatable bonds is 5. The number of aliphatic hydroxyl groups is 1. The maximum absolute atomic E-state index is 10.7. The molecule has 1 aliphatic carbocycles. The van der Waals surface area contributed by atoms with E-state index in [1.807, 2.05) is 0 Å². The van der Waals surface area contributed by atoms with Crippen molar-refractivity contribution in [3.8, 4) is 0 Å². The van der Waals surface area contributed by atoms with Gasteiger partial charge in [-0.05, 0) is 31.6 Å². The Balaban J connectivity index is 1.86. The lowest BCUT2D eigenvalue weighted by atomic mass is 9.78. The molecule has 19 heavy (non-hydrogen) atoms. The topological polar surface area (TPSA) is 95.6 Å². The lowest BCUT2D eigenvalue weighted by Crippen LogP contribution is -2.40. The molecule has 1 aromatic rings. The third-order valence-electron chi connectivity index (χ3n) is 3.91. The van der Waals surface area contributed by atoms with Gasteiger partial charge in [0.25, 0.3) is 6.01 Å². The number of carboxylic acids is 1. The summed E-state index contributed by atoms with van der Waals surface area (Å²) in [5, 5.41) is 22.0. The molecule has 0 spiro atoms. The van der Waals surface area contributed by atoms with Gasteiger partial charge in [-0.25, -0.2) is 4.79 Å². The lowest BCUT2D eigenvalue weighted by molar-refractivity contribution is 0.00189. The van der Waals surface area contributed by atoms with Crippen LogP contribution in [0.15, 0.2) is 10.7 Å². The highest BCUT2D eigenvalue weighted by Crippen LogP contribution is 2.33. The van der Waals surface area contributed by atoms with Crippen LogP contribution in [0.4, 0.5) is 6.01 Å². The molecule has 106 valence electrons. The van der Waals surface area contributed by atoms with Crippen LogP contribution < -0.4 is 5.32 Å². The molecule has 0 atom stereocenters. The molecule has 0 saturated heterocycles. The van der Waals surface area contributed by atoms with E-state index in [9.17, 15) is 9.90 Å². The van der Waals surface area contributed by atoms with Gasteiger partial charge in [-0.15, -0.1) is 0 Å². The smallest absolute Gasteiger partial charge is 0.357 e. The minimum atomic E-state index is -1.13. The highest BCUT2D eigenvalue weighted by Gasteiger charge is 2.32.